The number of fused-ring (bicyclic) bond motifs is 2. The van der Waals surface area contributed by atoms with E-state index in [2.05, 4.69) is 27.1 Å². The van der Waals surface area contributed by atoms with Crippen LogP contribution in [0, 0.1) is 0 Å². The summed E-state index contributed by atoms with van der Waals surface area (Å²) in [5.74, 6) is 1.31. The Morgan fingerprint density at radius 3 is 2.78 bits per heavy atom. The predicted molar refractivity (Wildman–Crippen MR) is 124 cm³/mol. The van der Waals surface area contributed by atoms with Crippen molar-refractivity contribution in [1.82, 2.24) is 14.8 Å². The number of nitrogens with two attached hydrogens (primary N) is 1. The number of hydrogen-bond acceptors (Lipinski definition) is 7. The van der Waals surface area contributed by atoms with Gasteiger partial charge in [0.15, 0.2) is 11.5 Å². The van der Waals surface area contributed by atoms with Crippen molar-refractivity contribution in [3.63, 3.8) is 0 Å². The first-order chi connectivity index (χ1) is 15.6. The first-order valence-corrected chi connectivity index (χ1v) is 10.2. The fourth-order valence-corrected chi connectivity index (χ4v) is 3.80. The van der Waals surface area contributed by atoms with E-state index in [-0.39, 0.29) is 11.6 Å². The zero-order valence-corrected chi connectivity index (χ0v) is 17.5. The van der Waals surface area contributed by atoms with E-state index in [0.717, 1.165) is 23.1 Å². The molecule has 0 amide bonds. The first kappa shape index (κ1) is 19.7. The van der Waals surface area contributed by atoms with Gasteiger partial charge >= 0.3 is 0 Å². The van der Waals surface area contributed by atoms with E-state index in [9.17, 15) is 4.79 Å². The van der Waals surface area contributed by atoms with Crippen LogP contribution in [0.5, 0.6) is 11.5 Å². The Hall–Kier alpha value is -4.27. The zero-order chi connectivity index (χ0) is 22.2. The number of aromatic amines is 1. The average molecular weight is 430 g/mol. The highest BCUT2D eigenvalue weighted by molar-refractivity contribution is 6.12. The lowest BCUT2D eigenvalue weighted by atomic mass is 10.1. The van der Waals surface area contributed by atoms with Crippen molar-refractivity contribution >= 4 is 40.6 Å². The largest absolute Gasteiger partial charge is 0.486 e. The molecule has 0 aliphatic carbocycles. The first-order valence-electron chi connectivity index (χ1n) is 10.2. The molecule has 32 heavy (non-hydrogen) atoms. The summed E-state index contributed by atoms with van der Waals surface area (Å²) in [4.78, 5) is 20.4. The lowest BCUT2D eigenvalue weighted by Gasteiger charge is -2.17. The third kappa shape index (κ3) is 3.24. The number of nitrogens with one attached hydrogen (secondary N) is 2. The SMILES string of the molecule is C=Nc1cc(-n2ncc(C(=O)c3cc4cc5c(cc4[nH]3)OCCO5)c2N)ccc1NCC. The molecule has 4 aromatic rings. The van der Waals surface area contributed by atoms with Crippen LogP contribution in [0.4, 0.5) is 17.2 Å². The van der Waals surface area contributed by atoms with Crippen LogP contribution < -0.4 is 20.5 Å². The van der Waals surface area contributed by atoms with Gasteiger partial charge in [0.1, 0.15) is 19.0 Å². The maximum atomic E-state index is 13.2. The second kappa shape index (κ2) is 7.77. The molecule has 0 unspecified atom stereocenters. The van der Waals surface area contributed by atoms with Gasteiger partial charge in [-0.3, -0.25) is 9.79 Å². The number of aromatic nitrogens is 3. The van der Waals surface area contributed by atoms with Gasteiger partial charge in [-0.05, 0) is 44.0 Å². The van der Waals surface area contributed by atoms with Gasteiger partial charge in [-0.1, -0.05) is 0 Å². The maximum Gasteiger partial charge on any atom is 0.214 e. The van der Waals surface area contributed by atoms with Crippen molar-refractivity contribution in [2.75, 3.05) is 30.8 Å². The molecule has 9 heteroatoms. The van der Waals surface area contributed by atoms with Crippen LogP contribution >= 0.6 is 0 Å². The van der Waals surface area contributed by atoms with Crippen LogP contribution in [0.2, 0.25) is 0 Å². The maximum absolute atomic E-state index is 13.2. The molecule has 0 atom stereocenters. The Morgan fingerprint density at radius 1 is 1.25 bits per heavy atom. The molecule has 0 fully saturated rings. The number of nitrogens with zero attached hydrogens (tertiary/aromatic N) is 3. The average Bonchev–Trinajstić information content (AvgIpc) is 3.40. The molecule has 0 saturated carbocycles. The van der Waals surface area contributed by atoms with E-state index < -0.39 is 0 Å². The van der Waals surface area contributed by atoms with E-state index in [0.29, 0.717) is 47.3 Å². The second-order valence-electron chi connectivity index (χ2n) is 7.34. The predicted octanol–water partition coefficient (Wildman–Crippen LogP) is 3.70. The van der Waals surface area contributed by atoms with Crippen molar-refractivity contribution in [3.8, 4) is 17.2 Å². The number of carbonyl (C=O) groups excluding carboxylic acids is 1. The van der Waals surface area contributed by atoms with E-state index >= 15 is 0 Å². The molecule has 1 aliphatic rings. The molecule has 1 aliphatic heterocycles. The Labute approximate surface area is 183 Å². The summed E-state index contributed by atoms with van der Waals surface area (Å²) >= 11 is 0. The van der Waals surface area contributed by atoms with Crippen LogP contribution in [0.1, 0.15) is 23.0 Å². The van der Waals surface area contributed by atoms with Gasteiger partial charge < -0.3 is 25.5 Å². The fourth-order valence-electron chi connectivity index (χ4n) is 3.80. The Morgan fingerprint density at radius 2 is 2.03 bits per heavy atom. The standard InChI is InChI=1S/C23H22N6O3/c1-3-26-16-5-4-14(10-18(16)25-2)29-23(24)15(12-27-29)22(30)19-8-13-9-20-21(11-17(13)28-19)32-7-6-31-20/h4-5,8-12,26,28H,2-3,6-7,24H2,1H3. The number of rotatable bonds is 6. The van der Waals surface area contributed by atoms with Gasteiger partial charge in [0.05, 0.1) is 34.5 Å². The molecule has 0 radical (unpaired) electrons. The van der Waals surface area contributed by atoms with Crippen molar-refractivity contribution in [2.24, 2.45) is 4.99 Å². The molecule has 4 N–H and O–H groups in total. The molecule has 5 rings (SSSR count). The van der Waals surface area contributed by atoms with Crippen LogP contribution in [0.3, 0.4) is 0 Å². The van der Waals surface area contributed by atoms with Gasteiger partial charge in [-0.25, -0.2) is 4.68 Å². The van der Waals surface area contributed by atoms with Gasteiger partial charge in [0.25, 0.3) is 0 Å². The summed E-state index contributed by atoms with van der Waals surface area (Å²) in [7, 11) is 0. The number of anilines is 2. The number of benzene rings is 2. The summed E-state index contributed by atoms with van der Waals surface area (Å²) in [6.07, 6.45) is 1.47. The Balaban J connectivity index is 1.49. The fraction of sp³-hybridized carbons (Fsp3) is 0.174. The van der Waals surface area contributed by atoms with Crippen molar-refractivity contribution < 1.29 is 14.3 Å². The summed E-state index contributed by atoms with van der Waals surface area (Å²) in [5.41, 5.74) is 10.0. The quantitative estimate of drug-likeness (QED) is 0.317. The number of aliphatic imine (C=N–C) groups is 1. The molecule has 9 nitrogen and oxygen atoms in total. The van der Waals surface area contributed by atoms with Gasteiger partial charge in [-0.15, -0.1) is 0 Å². The number of carbonyl (C=O) groups is 1. The lowest BCUT2D eigenvalue weighted by Crippen LogP contribution is -2.15. The number of ketones is 1. The molecule has 2 aromatic heterocycles. The lowest BCUT2D eigenvalue weighted by molar-refractivity contribution is 0.103. The number of H-pyrrole nitrogens is 1. The van der Waals surface area contributed by atoms with E-state index in [1.165, 1.54) is 10.9 Å². The third-order valence-corrected chi connectivity index (χ3v) is 5.34. The minimum atomic E-state index is -0.254. The number of nitrogen functional groups attached to an aromatic ring is 1. The number of ether oxygens (including phenoxy) is 2. The minimum Gasteiger partial charge on any atom is -0.486 e. The van der Waals surface area contributed by atoms with Crippen molar-refractivity contribution in [2.45, 2.75) is 6.92 Å². The van der Waals surface area contributed by atoms with Crippen LogP contribution in [0.25, 0.3) is 16.6 Å². The summed E-state index contributed by atoms with van der Waals surface area (Å²) < 4.78 is 12.8. The van der Waals surface area contributed by atoms with E-state index in [1.54, 1.807) is 6.07 Å². The molecule has 2 aromatic carbocycles. The normalized spacial score (nSPS) is 12.7. The van der Waals surface area contributed by atoms with Gasteiger partial charge in [0, 0.05) is 23.5 Å². The molecule has 3 heterocycles. The van der Waals surface area contributed by atoms with Crippen LogP contribution in [-0.4, -0.2) is 47.0 Å². The Bertz CT molecular complexity index is 1310. The highest BCUT2D eigenvalue weighted by Gasteiger charge is 2.21. The van der Waals surface area contributed by atoms with E-state index in [1.807, 2.05) is 37.3 Å². The molecule has 0 bridgehead atoms. The van der Waals surface area contributed by atoms with Crippen LogP contribution in [-0.2, 0) is 0 Å². The molecule has 0 spiro atoms. The van der Waals surface area contributed by atoms with Crippen LogP contribution in [0.15, 0.2) is 47.6 Å². The molecule has 162 valence electrons. The molecular weight excluding hydrogens is 408 g/mol. The zero-order valence-electron chi connectivity index (χ0n) is 17.5. The van der Waals surface area contributed by atoms with Crippen molar-refractivity contribution in [3.05, 3.63) is 53.9 Å². The highest BCUT2D eigenvalue weighted by atomic mass is 16.6. The highest BCUT2D eigenvalue weighted by Crippen LogP contribution is 2.35. The monoisotopic (exact) mass is 430 g/mol. The summed E-state index contributed by atoms with van der Waals surface area (Å²) in [6, 6.07) is 11.0. The van der Waals surface area contributed by atoms with E-state index in [4.69, 9.17) is 15.2 Å². The second-order valence-corrected chi connectivity index (χ2v) is 7.34. The molecular formula is C23H22N6O3. The van der Waals surface area contributed by atoms with Gasteiger partial charge in [-0.2, -0.15) is 5.10 Å². The smallest absolute Gasteiger partial charge is 0.214 e. The number of hydrogen-bond donors (Lipinski definition) is 3. The Kier molecular flexibility index (Phi) is 4.78. The molecule has 0 saturated heterocycles. The van der Waals surface area contributed by atoms with Crippen molar-refractivity contribution in [1.29, 1.82) is 0 Å². The van der Waals surface area contributed by atoms with Gasteiger partial charge in [0.2, 0.25) is 5.78 Å². The third-order valence-electron chi connectivity index (χ3n) is 5.34. The summed E-state index contributed by atoms with van der Waals surface area (Å²) in [5, 5.41) is 8.41. The topological polar surface area (TPSA) is 120 Å². The minimum absolute atomic E-state index is 0.242. The summed E-state index contributed by atoms with van der Waals surface area (Å²) in [6.45, 7) is 7.39.